The molecule has 1 aliphatic rings. The molecule has 3 heteroatoms. The van der Waals surface area contributed by atoms with Gasteiger partial charge in [-0.15, -0.1) is 0 Å². The summed E-state index contributed by atoms with van der Waals surface area (Å²) in [4.78, 5) is 0. The quantitative estimate of drug-likeness (QED) is 0.169. The molecule has 13 aromatic rings. The van der Waals surface area contributed by atoms with Gasteiger partial charge < -0.3 is 13.6 Å². The Hall–Kier alpha value is -8.40. The van der Waals surface area contributed by atoms with Crippen LogP contribution in [0.1, 0.15) is 25.0 Å². The Kier molecular flexibility index (Phi) is 7.74. The number of rotatable bonds is 5. The summed E-state index contributed by atoms with van der Waals surface area (Å²) in [6.45, 7) is 4.65. The number of benzene rings is 10. The highest BCUT2D eigenvalue weighted by atomic mass is 16.3. The average Bonchev–Trinajstić information content (AvgIpc) is 4.09. The van der Waals surface area contributed by atoms with Gasteiger partial charge in [0, 0.05) is 60.2 Å². The van der Waals surface area contributed by atoms with E-state index in [0.717, 1.165) is 38.8 Å². The molecule has 0 radical (unpaired) electrons. The molecule has 10 aromatic carbocycles. The lowest BCUT2D eigenvalue weighted by Gasteiger charge is -2.21. The van der Waals surface area contributed by atoms with Crippen LogP contribution in [0.4, 0.5) is 0 Å². The van der Waals surface area contributed by atoms with Crippen molar-refractivity contribution in [2.24, 2.45) is 0 Å². The fourth-order valence-electron chi connectivity index (χ4n) is 11.4. The van der Waals surface area contributed by atoms with Crippen molar-refractivity contribution in [2.45, 2.75) is 19.3 Å². The van der Waals surface area contributed by atoms with Crippen molar-refractivity contribution < 1.29 is 4.42 Å². The molecule has 0 amide bonds. The second kappa shape index (κ2) is 13.8. The van der Waals surface area contributed by atoms with Crippen LogP contribution in [0.25, 0.3) is 121 Å². The van der Waals surface area contributed by atoms with Crippen LogP contribution in [0.15, 0.2) is 223 Å². The number of nitrogens with zero attached hydrogens (tertiary/aromatic N) is 2. The van der Waals surface area contributed by atoms with E-state index in [9.17, 15) is 0 Å². The monoisotopic (exact) mass is 842 g/mol. The van der Waals surface area contributed by atoms with Crippen molar-refractivity contribution in [3.8, 4) is 55.9 Å². The molecule has 0 saturated carbocycles. The van der Waals surface area contributed by atoms with Gasteiger partial charge in [-0.3, -0.25) is 0 Å². The van der Waals surface area contributed by atoms with Gasteiger partial charge in [0.15, 0.2) is 0 Å². The second-order valence-electron chi connectivity index (χ2n) is 18.5. The van der Waals surface area contributed by atoms with E-state index in [-0.39, 0.29) is 5.41 Å². The Balaban J connectivity index is 0.883. The molecular weight excluding hydrogens is 801 g/mol. The van der Waals surface area contributed by atoms with Crippen LogP contribution < -0.4 is 0 Å². The molecule has 0 spiro atoms. The molecule has 0 N–H and O–H groups in total. The minimum Gasteiger partial charge on any atom is -0.455 e. The fourth-order valence-corrected chi connectivity index (χ4v) is 11.4. The van der Waals surface area contributed by atoms with Crippen molar-refractivity contribution in [1.29, 1.82) is 0 Å². The molecule has 3 heterocycles. The largest absolute Gasteiger partial charge is 0.455 e. The van der Waals surface area contributed by atoms with Crippen LogP contribution in [-0.4, -0.2) is 9.13 Å². The van der Waals surface area contributed by atoms with Crippen molar-refractivity contribution in [2.75, 3.05) is 0 Å². The number of hydrogen-bond acceptors (Lipinski definition) is 1. The highest BCUT2D eigenvalue weighted by molar-refractivity contribution is 6.16. The maximum atomic E-state index is 6.97. The summed E-state index contributed by atoms with van der Waals surface area (Å²) in [6, 6.07) is 80.0. The summed E-state index contributed by atoms with van der Waals surface area (Å²) < 4.78 is 11.8. The van der Waals surface area contributed by atoms with Crippen molar-refractivity contribution >= 4 is 65.6 Å². The summed E-state index contributed by atoms with van der Waals surface area (Å²) in [6.07, 6.45) is 0. The minimum absolute atomic E-state index is 0.0824. The standard InChI is InChI=1S/C63H42N2O/c1-63(2)54-22-11-9-19-50(54)60-55(63)32-31-49-48-21-13-20-46(61(48)66-62(49)60)40-26-24-39(25-27-40)41-28-33-58-52(36-41)53-38-43(30-35-59(53)65(58)45-16-7-4-8-17-45)42-29-34-57-51(37-42)47-18-10-12-23-56(47)64(57)44-14-5-3-6-15-44/h3-38H,1-2H3. The molecule has 1 aliphatic carbocycles. The number of fused-ring (bicyclic) bond motifs is 13. The Bertz CT molecular complexity index is 4110. The Morgan fingerprint density at radius 3 is 1.44 bits per heavy atom. The third kappa shape index (κ3) is 5.26. The lowest BCUT2D eigenvalue weighted by atomic mass is 9.82. The lowest BCUT2D eigenvalue weighted by Crippen LogP contribution is -2.14. The van der Waals surface area contributed by atoms with E-state index in [1.807, 2.05) is 0 Å². The predicted molar refractivity (Wildman–Crippen MR) is 276 cm³/mol. The van der Waals surface area contributed by atoms with Crippen LogP contribution in [-0.2, 0) is 5.41 Å². The normalized spacial score (nSPS) is 13.1. The number of hydrogen-bond donors (Lipinski definition) is 0. The number of para-hydroxylation sites is 4. The van der Waals surface area contributed by atoms with Gasteiger partial charge in [-0.1, -0.05) is 166 Å². The van der Waals surface area contributed by atoms with E-state index in [4.69, 9.17) is 4.42 Å². The van der Waals surface area contributed by atoms with E-state index in [0.29, 0.717) is 0 Å². The molecule has 3 nitrogen and oxygen atoms in total. The van der Waals surface area contributed by atoms with Gasteiger partial charge >= 0.3 is 0 Å². The van der Waals surface area contributed by atoms with Gasteiger partial charge in [0.25, 0.3) is 0 Å². The van der Waals surface area contributed by atoms with Crippen LogP contribution in [0.2, 0.25) is 0 Å². The lowest BCUT2D eigenvalue weighted by molar-refractivity contribution is 0.653. The first-order chi connectivity index (χ1) is 32.5. The predicted octanol–water partition coefficient (Wildman–Crippen LogP) is 17.1. The van der Waals surface area contributed by atoms with Crippen LogP contribution in [0.3, 0.4) is 0 Å². The molecule has 0 atom stereocenters. The third-order valence-corrected chi connectivity index (χ3v) is 14.5. The molecule has 66 heavy (non-hydrogen) atoms. The maximum Gasteiger partial charge on any atom is 0.143 e. The summed E-state index contributed by atoms with van der Waals surface area (Å²) in [5, 5.41) is 7.27. The molecule has 0 aliphatic heterocycles. The van der Waals surface area contributed by atoms with Gasteiger partial charge in [-0.25, -0.2) is 0 Å². The van der Waals surface area contributed by atoms with Crippen molar-refractivity contribution in [3.63, 3.8) is 0 Å². The SMILES string of the molecule is CC1(C)c2ccccc2-c2c1ccc1c2oc2c(-c3ccc(-c4ccc5c(c4)c4cc(-c6ccc7c(c6)c6ccccc6n7-c6ccccc6)ccc4n5-c4ccccc4)cc3)cccc21. The van der Waals surface area contributed by atoms with Gasteiger partial charge in [-0.2, -0.15) is 0 Å². The van der Waals surface area contributed by atoms with E-state index in [2.05, 4.69) is 241 Å². The van der Waals surface area contributed by atoms with Gasteiger partial charge in [-0.05, 0) is 111 Å². The molecule has 0 saturated heterocycles. The average molecular weight is 843 g/mol. The molecule has 3 aromatic heterocycles. The molecule has 0 fully saturated rings. The topological polar surface area (TPSA) is 23.0 Å². The Labute approximate surface area is 382 Å². The van der Waals surface area contributed by atoms with E-state index >= 15 is 0 Å². The first-order valence-electron chi connectivity index (χ1n) is 22.9. The number of furan rings is 1. The fraction of sp³-hybridized carbons (Fsp3) is 0.0476. The summed E-state index contributed by atoms with van der Waals surface area (Å²) >= 11 is 0. The van der Waals surface area contributed by atoms with Crippen molar-refractivity contribution in [1.82, 2.24) is 9.13 Å². The minimum atomic E-state index is -0.0824. The van der Waals surface area contributed by atoms with Crippen molar-refractivity contribution in [3.05, 3.63) is 230 Å². The zero-order chi connectivity index (χ0) is 43.7. The third-order valence-electron chi connectivity index (χ3n) is 14.5. The summed E-state index contributed by atoms with van der Waals surface area (Å²) in [5.41, 5.74) is 21.1. The zero-order valence-corrected chi connectivity index (χ0v) is 36.6. The van der Waals surface area contributed by atoms with Gasteiger partial charge in [0.2, 0.25) is 0 Å². The highest BCUT2D eigenvalue weighted by Gasteiger charge is 2.37. The van der Waals surface area contributed by atoms with Crippen LogP contribution in [0.5, 0.6) is 0 Å². The molecule has 0 unspecified atom stereocenters. The van der Waals surface area contributed by atoms with Crippen LogP contribution in [0, 0.1) is 0 Å². The first-order valence-corrected chi connectivity index (χ1v) is 22.9. The van der Waals surface area contributed by atoms with Crippen LogP contribution >= 0.6 is 0 Å². The highest BCUT2D eigenvalue weighted by Crippen LogP contribution is 2.53. The molecular formula is C63H42N2O. The van der Waals surface area contributed by atoms with E-state index in [1.165, 1.54) is 93.8 Å². The summed E-state index contributed by atoms with van der Waals surface area (Å²) in [7, 11) is 0. The van der Waals surface area contributed by atoms with E-state index in [1.54, 1.807) is 0 Å². The molecule has 310 valence electrons. The number of aromatic nitrogens is 2. The first kappa shape index (κ1) is 37.0. The molecule has 0 bridgehead atoms. The summed E-state index contributed by atoms with van der Waals surface area (Å²) in [5.74, 6) is 0. The second-order valence-corrected chi connectivity index (χ2v) is 18.5. The smallest absolute Gasteiger partial charge is 0.143 e. The maximum absolute atomic E-state index is 6.97. The molecule has 14 rings (SSSR count). The Morgan fingerprint density at radius 2 is 0.788 bits per heavy atom. The van der Waals surface area contributed by atoms with Gasteiger partial charge in [0.05, 0.1) is 22.1 Å². The van der Waals surface area contributed by atoms with E-state index < -0.39 is 0 Å². The Morgan fingerprint density at radius 1 is 0.318 bits per heavy atom. The van der Waals surface area contributed by atoms with Gasteiger partial charge in [0.1, 0.15) is 11.2 Å². The zero-order valence-electron chi connectivity index (χ0n) is 36.6.